The normalized spacial score (nSPS) is 12.2. The number of nitrogens with one attached hydrogen (secondary N) is 1. The van der Waals surface area contributed by atoms with Crippen molar-refractivity contribution in [2.75, 3.05) is 0 Å². The fourth-order valence-electron chi connectivity index (χ4n) is 2.19. The number of esters is 1. The van der Waals surface area contributed by atoms with Gasteiger partial charge in [-0.1, -0.05) is 6.92 Å². The van der Waals surface area contributed by atoms with E-state index in [2.05, 4.69) is 20.2 Å². The quantitative estimate of drug-likeness (QED) is 0.744. The summed E-state index contributed by atoms with van der Waals surface area (Å²) in [6.07, 6.45) is 8.47. The number of rotatable bonds is 4. The second-order valence-electron chi connectivity index (χ2n) is 4.60. The molecule has 0 bridgehead atoms. The molecule has 0 fully saturated rings. The number of fused-ring (bicyclic) bond motifs is 1. The number of hydrogen-bond donors (Lipinski definition) is 1. The minimum Gasteiger partial charge on any atom is -0.454 e. The molecule has 6 heteroatoms. The molecule has 3 aromatic rings. The molecule has 1 unspecified atom stereocenters. The molecule has 0 saturated carbocycles. The van der Waals surface area contributed by atoms with Gasteiger partial charge in [-0.15, -0.1) is 0 Å². The zero-order valence-electron chi connectivity index (χ0n) is 11.5. The number of carbonyl (C=O) groups is 1. The van der Waals surface area contributed by atoms with Gasteiger partial charge in [0, 0.05) is 24.0 Å². The van der Waals surface area contributed by atoms with Gasteiger partial charge in [0.2, 0.25) is 0 Å². The van der Waals surface area contributed by atoms with Gasteiger partial charge in [-0.25, -0.2) is 4.79 Å². The lowest BCUT2D eigenvalue weighted by atomic mass is 10.1. The Labute approximate surface area is 121 Å². The van der Waals surface area contributed by atoms with Gasteiger partial charge in [0.15, 0.2) is 0 Å². The summed E-state index contributed by atoms with van der Waals surface area (Å²) in [5.74, 6) is -0.404. The number of hydrogen-bond acceptors (Lipinski definition) is 5. The third-order valence-corrected chi connectivity index (χ3v) is 3.28. The first-order valence-electron chi connectivity index (χ1n) is 6.67. The first-order valence-corrected chi connectivity index (χ1v) is 6.67. The maximum atomic E-state index is 12.4. The predicted molar refractivity (Wildman–Crippen MR) is 76.6 cm³/mol. The van der Waals surface area contributed by atoms with E-state index in [1.54, 1.807) is 24.8 Å². The summed E-state index contributed by atoms with van der Waals surface area (Å²) in [5, 5.41) is 7.41. The third-order valence-electron chi connectivity index (χ3n) is 3.28. The number of nitrogens with zero attached hydrogens (tertiary/aromatic N) is 3. The fraction of sp³-hybridized carbons (Fsp3) is 0.200. The van der Waals surface area contributed by atoms with Crippen LogP contribution in [0.25, 0.3) is 10.9 Å². The Kier molecular flexibility index (Phi) is 3.59. The van der Waals surface area contributed by atoms with E-state index >= 15 is 0 Å². The van der Waals surface area contributed by atoms with Crippen LogP contribution < -0.4 is 0 Å². The van der Waals surface area contributed by atoms with Gasteiger partial charge in [0.1, 0.15) is 6.10 Å². The van der Waals surface area contributed by atoms with Crippen LogP contribution in [0.1, 0.15) is 35.4 Å². The van der Waals surface area contributed by atoms with E-state index < -0.39 is 5.97 Å². The van der Waals surface area contributed by atoms with Gasteiger partial charge < -0.3 is 4.74 Å². The van der Waals surface area contributed by atoms with Crippen LogP contribution in [0.4, 0.5) is 0 Å². The van der Waals surface area contributed by atoms with Gasteiger partial charge in [0.25, 0.3) is 0 Å². The molecule has 106 valence electrons. The average Bonchev–Trinajstić information content (AvgIpc) is 3.01. The highest BCUT2D eigenvalue weighted by Gasteiger charge is 2.19. The maximum Gasteiger partial charge on any atom is 0.341 e. The van der Waals surface area contributed by atoms with E-state index in [9.17, 15) is 4.79 Å². The summed E-state index contributed by atoms with van der Waals surface area (Å²) in [5.41, 5.74) is 2.04. The zero-order valence-corrected chi connectivity index (χ0v) is 11.5. The summed E-state index contributed by atoms with van der Waals surface area (Å²) < 4.78 is 5.60. The van der Waals surface area contributed by atoms with Crippen LogP contribution in [-0.4, -0.2) is 26.1 Å². The topological polar surface area (TPSA) is 80.8 Å². The summed E-state index contributed by atoms with van der Waals surface area (Å²) in [6, 6.07) is 3.69. The molecule has 0 amide bonds. The Bertz CT molecular complexity index is 754. The lowest BCUT2D eigenvalue weighted by Gasteiger charge is -2.16. The molecule has 6 nitrogen and oxygen atoms in total. The third kappa shape index (κ3) is 2.60. The summed E-state index contributed by atoms with van der Waals surface area (Å²) in [4.78, 5) is 20.4. The molecular weight excluding hydrogens is 268 g/mol. The molecule has 0 aliphatic rings. The van der Waals surface area contributed by atoms with Crippen molar-refractivity contribution in [3.05, 3.63) is 54.2 Å². The van der Waals surface area contributed by atoms with E-state index in [1.165, 1.54) is 6.20 Å². The minimum absolute atomic E-state index is 0.303. The lowest BCUT2D eigenvalue weighted by molar-refractivity contribution is 0.0289. The average molecular weight is 282 g/mol. The van der Waals surface area contributed by atoms with E-state index in [0.717, 1.165) is 5.56 Å². The van der Waals surface area contributed by atoms with Crippen molar-refractivity contribution in [3.8, 4) is 0 Å². The zero-order chi connectivity index (χ0) is 14.7. The van der Waals surface area contributed by atoms with Crippen molar-refractivity contribution in [2.45, 2.75) is 19.4 Å². The van der Waals surface area contributed by atoms with Crippen LogP contribution in [0.15, 0.2) is 43.1 Å². The van der Waals surface area contributed by atoms with Crippen molar-refractivity contribution in [2.24, 2.45) is 0 Å². The second-order valence-corrected chi connectivity index (χ2v) is 4.60. The van der Waals surface area contributed by atoms with E-state index in [-0.39, 0.29) is 6.10 Å². The monoisotopic (exact) mass is 282 g/mol. The Morgan fingerprint density at radius 1 is 1.24 bits per heavy atom. The van der Waals surface area contributed by atoms with Crippen molar-refractivity contribution < 1.29 is 9.53 Å². The Morgan fingerprint density at radius 2 is 2.05 bits per heavy atom. The number of pyridine rings is 2. The van der Waals surface area contributed by atoms with Gasteiger partial charge in [-0.05, 0) is 24.1 Å². The molecule has 0 aromatic carbocycles. The first-order chi connectivity index (χ1) is 10.3. The lowest BCUT2D eigenvalue weighted by Crippen LogP contribution is -2.11. The van der Waals surface area contributed by atoms with E-state index in [1.807, 2.05) is 19.1 Å². The smallest absolute Gasteiger partial charge is 0.341 e. The van der Waals surface area contributed by atoms with Crippen LogP contribution in [0, 0.1) is 0 Å². The fourth-order valence-corrected chi connectivity index (χ4v) is 2.19. The summed E-state index contributed by atoms with van der Waals surface area (Å²) in [7, 11) is 0. The van der Waals surface area contributed by atoms with Crippen molar-refractivity contribution in [1.82, 2.24) is 20.2 Å². The largest absolute Gasteiger partial charge is 0.454 e. The number of H-pyrrole nitrogens is 1. The molecule has 0 saturated heterocycles. The highest BCUT2D eigenvalue weighted by Crippen LogP contribution is 2.23. The van der Waals surface area contributed by atoms with Crippen molar-refractivity contribution in [1.29, 1.82) is 0 Å². The number of aromatic amines is 1. The number of carbonyl (C=O) groups excluding carboxylic acids is 1. The molecule has 3 aromatic heterocycles. The van der Waals surface area contributed by atoms with Crippen LogP contribution in [-0.2, 0) is 4.74 Å². The molecule has 0 aliphatic carbocycles. The van der Waals surface area contributed by atoms with E-state index in [4.69, 9.17) is 4.74 Å². The van der Waals surface area contributed by atoms with Gasteiger partial charge in [-0.2, -0.15) is 5.10 Å². The first kappa shape index (κ1) is 13.2. The maximum absolute atomic E-state index is 12.4. The standard InChI is InChI=1S/C15H14N4O2/c1-2-14(10-3-5-16-6-4-10)21-15(20)12-7-17-9-13-11(12)8-18-19-13/h3-9,14H,2H2,1H3,(H,18,19). The van der Waals surface area contributed by atoms with Crippen LogP contribution in [0.3, 0.4) is 0 Å². The number of aromatic nitrogens is 4. The molecule has 3 heterocycles. The van der Waals surface area contributed by atoms with Gasteiger partial charge in [-0.3, -0.25) is 15.1 Å². The summed E-state index contributed by atoms with van der Waals surface area (Å²) >= 11 is 0. The van der Waals surface area contributed by atoms with Crippen LogP contribution in [0.5, 0.6) is 0 Å². The Hall–Kier alpha value is -2.76. The second kappa shape index (κ2) is 5.70. The molecule has 0 radical (unpaired) electrons. The van der Waals surface area contributed by atoms with Crippen molar-refractivity contribution in [3.63, 3.8) is 0 Å². The molecule has 1 atom stereocenters. The molecular formula is C15H14N4O2. The van der Waals surface area contributed by atoms with Crippen LogP contribution >= 0.6 is 0 Å². The highest BCUT2D eigenvalue weighted by molar-refractivity contribution is 6.02. The SMILES string of the molecule is CCC(OC(=O)c1cncc2[nH]ncc12)c1ccncc1. The van der Waals surface area contributed by atoms with Crippen LogP contribution in [0.2, 0.25) is 0 Å². The Balaban J connectivity index is 1.87. The predicted octanol–water partition coefficient (Wildman–Crippen LogP) is 2.66. The molecule has 3 rings (SSSR count). The molecule has 1 N–H and O–H groups in total. The molecule has 21 heavy (non-hydrogen) atoms. The number of ether oxygens (including phenoxy) is 1. The van der Waals surface area contributed by atoms with E-state index in [0.29, 0.717) is 22.9 Å². The molecule has 0 spiro atoms. The molecule has 0 aliphatic heterocycles. The van der Waals surface area contributed by atoms with Gasteiger partial charge >= 0.3 is 5.97 Å². The highest BCUT2D eigenvalue weighted by atomic mass is 16.5. The summed E-state index contributed by atoms with van der Waals surface area (Å²) in [6.45, 7) is 1.97. The minimum atomic E-state index is -0.404. The Morgan fingerprint density at radius 3 is 2.81 bits per heavy atom. The van der Waals surface area contributed by atoms with Gasteiger partial charge in [0.05, 0.1) is 23.5 Å². The van der Waals surface area contributed by atoms with Crippen molar-refractivity contribution >= 4 is 16.9 Å².